The first-order valence-electron chi connectivity index (χ1n) is 7.67. The highest BCUT2D eigenvalue weighted by Crippen LogP contribution is 2.19. The van der Waals surface area contributed by atoms with Crippen LogP contribution < -0.4 is 15.4 Å². The monoisotopic (exact) mass is 317 g/mol. The Labute approximate surface area is 136 Å². The quantitative estimate of drug-likeness (QED) is 0.808. The predicted octanol–water partition coefficient (Wildman–Crippen LogP) is 0.645. The summed E-state index contributed by atoms with van der Waals surface area (Å²) in [4.78, 5) is 25.6. The van der Waals surface area contributed by atoms with Crippen LogP contribution in [-0.4, -0.2) is 56.5 Å². The van der Waals surface area contributed by atoms with Crippen LogP contribution in [0, 0.1) is 0 Å². The number of carbonyl (C=O) groups is 2. The highest BCUT2D eigenvalue weighted by atomic mass is 16.5. The normalized spacial score (nSPS) is 18.7. The van der Waals surface area contributed by atoms with Crippen molar-refractivity contribution in [2.75, 3.05) is 33.8 Å². The summed E-state index contributed by atoms with van der Waals surface area (Å²) in [6.45, 7) is 1.93. The topological polar surface area (TPSA) is 70.7 Å². The lowest BCUT2D eigenvalue weighted by molar-refractivity contribution is -0.133. The summed E-state index contributed by atoms with van der Waals surface area (Å²) in [6, 6.07) is 7.32. The molecule has 1 aromatic rings. The SMILES string of the molecule is CNC(=O)CC1C(=O)NCCN1CC=Cc1ccccc1OC. The summed E-state index contributed by atoms with van der Waals surface area (Å²) in [7, 11) is 3.22. The van der Waals surface area contributed by atoms with Gasteiger partial charge in [0.25, 0.3) is 0 Å². The lowest BCUT2D eigenvalue weighted by Crippen LogP contribution is -2.56. The Bertz CT molecular complexity index is 586. The molecule has 6 nitrogen and oxygen atoms in total. The third-order valence-corrected chi connectivity index (χ3v) is 3.88. The highest BCUT2D eigenvalue weighted by molar-refractivity contribution is 5.88. The van der Waals surface area contributed by atoms with Gasteiger partial charge in [0.15, 0.2) is 0 Å². The molecule has 1 unspecified atom stereocenters. The van der Waals surface area contributed by atoms with Crippen molar-refractivity contribution in [2.45, 2.75) is 12.5 Å². The molecule has 1 fully saturated rings. The number of nitrogens with zero attached hydrogens (tertiary/aromatic N) is 1. The van der Waals surface area contributed by atoms with E-state index in [-0.39, 0.29) is 18.2 Å². The van der Waals surface area contributed by atoms with E-state index in [1.807, 2.05) is 41.3 Å². The fourth-order valence-corrected chi connectivity index (χ4v) is 2.60. The third kappa shape index (κ3) is 4.56. The predicted molar refractivity (Wildman–Crippen MR) is 89.1 cm³/mol. The summed E-state index contributed by atoms with van der Waals surface area (Å²) in [6.07, 6.45) is 4.14. The van der Waals surface area contributed by atoms with Crippen LogP contribution in [0.4, 0.5) is 0 Å². The molecule has 1 saturated heterocycles. The number of hydrogen-bond acceptors (Lipinski definition) is 4. The van der Waals surface area contributed by atoms with Gasteiger partial charge in [0, 0.05) is 32.2 Å². The average Bonchev–Trinajstić information content (AvgIpc) is 2.58. The van der Waals surface area contributed by atoms with Gasteiger partial charge in [0.05, 0.1) is 19.6 Å². The molecule has 1 aliphatic rings. The molecule has 124 valence electrons. The molecule has 1 aliphatic heterocycles. The molecular formula is C17H23N3O3. The van der Waals surface area contributed by atoms with E-state index in [0.29, 0.717) is 13.1 Å². The Hall–Kier alpha value is -2.34. The van der Waals surface area contributed by atoms with Crippen LogP contribution in [0.2, 0.25) is 0 Å². The number of rotatable bonds is 6. The zero-order valence-corrected chi connectivity index (χ0v) is 13.5. The molecule has 0 aromatic heterocycles. The van der Waals surface area contributed by atoms with Crippen molar-refractivity contribution in [3.05, 3.63) is 35.9 Å². The molecule has 0 radical (unpaired) electrons. The van der Waals surface area contributed by atoms with E-state index in [2.05, 4.69) is 10.6 Å². The molecule has 1 aromatic carbocycles. The van der Waals surface area contributed by atoms with E-state index in [4.69, 9.17) is 4.74 Å². The Morgan fingerprint density at radius 1 is 1.48 bits per heavy atom. The highest BCUT2D eigenvalue weighted by Gasteiger charge is 2.30. The van der Waals surface area contributed by atoms with E-state index >= 15 is 0 Å². The number of nitrogens with one attached hydrogen (secondary N) is 2. The van der Waals surface area contributed by atoms with Crippen LogP contribution >= 0.6 is 0 Å². The molecule has 0 saturated carbocycles. The second-order valence-electron chi connectivity index (χ2n) is 5.32. The minimum absolute atomic E-state index is 0.0921. The largest absolute Gasteiger partial charge is 0.496 e. The van der Waals surface area contributed by atoms with Crippen LogP contribution in [0.1, 0.15) is 12.0 Å². The maximum atomic E-state index is 12.0. The molecule has 0 spiro atoms. The Morgan fingerprint density at radius 2 is 2.26 bits per heavy atom. The van der Waals surface area contributed by atoms with Gasteiger partial charge in [-0.2, -0.15) is 0 Å². The first-order valence-corrected chi connectivity index (χ1v) is 7.67. The zero-order chi connectivity index (χ0) is 16.7. The van der Waals surface area contributed by atoms with Crippen LogP contribution in [0.3, 0.4) is 0 Å². The van der Waals surface area contributed by atoms with Crippen molar-refractivity contribution < 1.29 is 14.3 Å². The van der Waals surface area contributed by atoms with E-state index < -0.39 is 6.04 Å². The van der Waals surface area contributed by atoms with Gasteiger partial charge < -0.3 is 15.4 Å². The van der Waals surface area contributed by atoms with Gasteiger partial charge in [-0.1, -0.05) is 30.4 Å². The second kappa shape index (κ2) is 8.33. The zero-order valence-electron chi connectivity index (χ0n) is 13.5. The van der Waals surface area contributed by atoms with Gasteiger partial charge in [-0.25, -0.2) is 0 Å². The maximum absolute atomic E-state index is 12.0. The van der Waals surface area contributed by atoms with Crippen molar-refractivity contribution >= 4 is 17.9 Å². The standard InChI is InChI=1S/C17H23N3O3/c1-18-16(21)12-14-17(22)19-9-11-20(14)10-5-7-13-6-3-4-8-15(13)23-2/h3-8,14H,9-12H2,1-2H3,(H,18,21)(H,19,22). The molecule has 1 heterocycles. The molecular weight excluding hydrogens is 294 g/mol. The first kappa shape index (κ1) is 17.0. The fourth-order valence-electron chi connectivity index (χ4n) is 2.60. The van der Waals surface area contributed by atoms with Crippen molar-refractivity contribution in [3.63, 3.8) is 0 Å². The van der Waals surface area contributed by atoms with Crippen molar-refractivity contribution in [1.29, 1.82) is 0 Å². The number of ether oxygens (including phenoxy) is 1. The number of benzene rings is 1. The van der Waals surface area contributed by atoms with Crippen LogP contribution in [0.25, 0.3) is 6.08 Å². The van der Waals surface area contributed by atoms with Crippen molar-refractivity contribution in [1.82, 2.24) is 15.5 Å². The Kier molecular flexibility index (Phi) is 6.17. The van der Waals surface area contributed by atoms with Crippen LogP contribution in [-0.2, 0) is 9.59 Å². The van der Waals surface area contributed by atoms with Crippen LogP contribution in [0.15, 0.2) is 30.3 Å². The first-order chi connectivity index (χ1) is 11.2. The molecule has 0 bridgehead atoms. The van der Waals surface area contributed by atoms with Crippen molar-refractivity contribution in [2.24, 2.45) is 0 Å². The average molecular weight is 317 g/mol. The summed E-state index contributed by atoms with van der Waals surface area (Å²) >= 11 is 0. The summed E-state index contributed by atoms with van der Waals surface area (Å²) in [5.41, 5.74) is 0.985. The molecule has 2 N–H and O–H groups in total. The Balaban J connectivity index is 2.03. The van der Waals surface area contributed by atoms with Gasteiger partial charge in [-0.15, -0.1) is 0 Å². The summed E-state index contributed by atoms with van der Waals surface area (Å²) < 4.78 is 5.31. The second-order valence-corrected chi connectivity index (χ2v) is 5.32. The Morgan fingerprint density at radius 3 is 3.00 bits per heavy atom. The lowest BCUT2D eigenvalue weighted by Gasteiger charge is -2.33. The fraction of sp³-hybridized carbons (Fsp3) is 0.412. The van der Waals surface area contributed by atoms with E-state index in [9.17, 15) is 9.59 Å². The smallest absolute Gasteiger partial charge is 0.237 e. The van der Waals surface area contributed by atoms with Crippen molar-refractivity contribution in [3.8, 4) is 5.75 Å². The van der Waals surface area contributed by atoms with Gasteiger partial charge >= 0.3 is 0 Å². The van der Waals surface area contributed by atoms with Gasteiger partial charge in [-0.3, -0.25) is 14.5 Å². The minimum Gasteiger partial charge on any atom is -0.496 e. The summed E-state index contributed by atoms with van der Waals surface area (Å²) in [5, 5.41) is 5.38. The molecule has 1 atom stereocenters. The number of amides is 2. The number of piperazine rings is 1. The van der Waals surface area contributed by atoms with Gasteiger partial charge in [0.2, 0.25) is 11.8 Å². The summed E-state index contributed by atoms with van der Waals surface area (Å²) in [5.74, 6) is 0.582. The number of carbonyl (C=O) groups excluding carboxylic acids is 2. The molecule has 2 amide bonds. The lowest BCUT2D eigenvalue weighted by atomic mass is 10.1. The van der Waals surface area contributed by atoms with Gasteiger partial charge in [-0.05, 0) is 6.07 Å². The van der Waals surface area contributed by atoms with Gasteiger partial charge in [0.1, 0.15) is 5.75 Å². The molecule has 0 aliphatic carbocycles. The minimum atomic E-state index is -0.425. The third-order valence-electron chi connectivity index (χ3n) is 3.88. The molecule has 23 heavy (non-hydrogen) atoms. The van der Waals surface area contributed by atoms with E-state index in [1.165, 1.54) is 0 Å². The maximum Gasteiger partial charge on any atom is 0.237 e. The number of methoxy groups -OCH3 is 1. The number of hydrogen-bond donors (Lipinski definition) is 2. The number of para-hydroxylation sites is 1. The van der Waals surface area contributed by atoms with E-state index in [0.717, 1.165) is 17.9 Å². The molecule has 2 rings (SSSR count). The van der Waals surface area contributed by atoms with E-state index in [1.54, 1.807) is 14.2 Å². The van der Waals surface area contributed by atoms with Crippen LogP contribution in [0.5, 0.6) is 5.75 Å². The molecule has 6 heteroatoms.